The zero-order chi connectivity index (χ0) is 29.0. The molecule has 0 aromatic carbocycles. The molecule has 1 radical (unpaired) electrons. The van der Waals surface area contributed by atoms with Gasteiger partial charge in [-0.2, -0.15) is 0 Å². The van der Waals surface area contributed by atoms with E-state index >= 15 is 0 Å². The molecule has 13 heteroatoms. The summed E-state index contributed by atoms with van der Waals surface area (Å²) in [5.74, 6) is 0. The number of rotatable bonds is 4. The second-order valence-corrected chi connectivity index (χ2v) is 13.4. The minimum Gasteiger partial charge on any atom is -0.657 e. The fourth-order valence-electron chi connectivity index (χ4n) is 5.45. The SMILES string of the molecule is C1=Cc2nc1c(-c1cncs1)c1ccc([n-]1)c(-c1cncs1)c1nc(c(-c3cncs3)c3ccc([n-]3)c2-c2cncs2)C=C1.[Mn+2]. The maximum atomic E-state index is 5.19. The van der Waals surface area contributed by atoms with Crippen LogP contribution in [0.3, 0.4) is 0 Å². The van der Waals surface area contributed by atoms with E-state index in [4.69, 9.17) is 19.9 Å². The summed E-state index contributed by atoms with van der Waals surface area (Å²) in [4.78, 5) is 42.2. The number of hydrogen-bond donors (Lipinski definition) is 0. The molecule has 0 saturated heterocycles. The minimum atomic E-state index is 0. The van der Waals surface area contributed by atoms with E-state index in [1.165, 1.54) is 0 Å². The van der Waals surface area contributed by atoms with Crippen LogP contribution in [0.15, 0.2) is 71.1 Å². The van der Waals surface area contributed by atoms with Crippen molar-refractivity contribution in [3.05, 3.63) is 93.9 Å². The first-order valence-electron chi connectivity index (χ1n) is 13.4. The molecule has 8 bridgehead atoms. The van der Waals surface area contributed by atoms with Crippen molar-refractivity contribution in [3.63, 3.8) is 0 Å². The third-order valence-electron chi connectivity index (χ3n) is 7.32. The van der Waals surface area contributed by atoms with Crippen LogP contribution in [-0.2, 0) is 17.1 Å². The first-order chi connectivity index (χ1) is 21.8. The molecule has 0 aliphatic carbocycles. The standard InChI is InChI=1S/C32H16N8S4.Mn/c1-2-18-30(26-10-34-14-42-26)20-5-6-22(39-20)32(28-12-36-16-44-28)24-8-7-23(40-24)31(27-11-35-15-43-27)21-4-3-19(38-21)29(17(1)37-18)25-9-33-13-41-25;/h1-16H;/q-2;+2. The summed E-state index contributed by atoms with van der Waals surface area (Å²) in [5, 5.41) is 0. The molecule has 0 unspecified atom stereocenters. The zero-order valence-corrected chi connectivity index (χ0v) is 27.3. The van der Waals surface area contributed by atoms with E-state index in [9.17, 15) is 0 Å². The van der Waals surface area contributed by atoms with Crippen molar-refractivity contribution < 1.29 is 17.1 Å². The van der Waals surface area contributed by atoms with Gasteiger partial charge in [0.05, 0.1) is 64.3 Å². The maximum absolute atomic E-state index is 5.19. The molecule has 9 rings (SSSR count). The molecular formula is C32H16MnN8S4. The third-order valence-corrected chi connectivity index (χ3v) is 10.5. The van der Waals surface area contributed by atoms with Gasteiger partial charge in [0.2, 0.25) is 0 Å². The average Bonchev–Trinajstić information content (AvgIpc) is 3.90. The zero-order valence-electron chi connectivity index (χ0n) is 22.8. The second kappa shape index (κ2) is 11.5. The Morgan fingerprint density at radius 2 is 0.667 bits per heavy atom. The van der Waals surface area contributed by atoms with Crippen LogP contribution in [-0.4, -0.2) is 29.9 Å². The summed E-state index contributed by atoms with van der Waals surface area (Å²) in [5.41, 5.74) is 17.6. The van der Waals surface area contributed by atoms with Gasteiger partial charge in [0.15, 0.2) is 0 Å². The molecule has 7 aromatic rings. The Morgan fingerprint density at radius 1 is 0.400 bits per heavy atom. The van der Waals surface area contributed by atoms with Crippen molar-refractivity contribution in [2.24, 2.45) is 0 Å². The van der Waals surface area contributed by atoms with E-state index in [1.54, 1.807) is 45.3 Å². The normalized spacial score (nSPS) is 12.1. The fraction of sp³-hybridized carbons (Fsp3) is 0. The van der Waals surface area contributed by atoms with Gasteiger partial charge in [0.1, 0.15) is 0 Å². The van der Waals surface area contributed by atoms with E-state index in [1.807, 2.05) is 46.8 Å². The Morgan fingerprint density at radius 3 is 0.889 bits per heavy atom. The Bertz CT molecular complexity index is 2060. The minimum absolute atomic E-state index is 0. The second-order valence-electron chi connectivity index (χ2n) is 9.83. The molecule has 7 aromatic heterocycles. The van der Waals surface area contributed by atoms with Crippen LogP contribution in [0, 0.1) is 0 Å². The number of hydrogen-bond acceptors (Lipinski definition) is 10. The van der Waals surface area contributed by atoms with Crippen LogP contribution < -0.4 is 9.97 Å². The van der Waals surface area contributed by atoms with Gasteiger partial charge in [-0.3, -0.25) is 19.9 Å². The van der Waals surface area contributed by atoms with Crippen LogP contribution in [0.2, 0.25) is 0 Å². The van der Waals surface area contributed by atoms with Gasteiger partial charge < -0.3 is 9.97 Å². The van der Waals surface area contributed by atoms with E-state index in [2.05, 4.69) is 68.5 Å². The largest absolute Gasteiger partial charge is 2.00 e. The molecule has 215 valence electrons. The van der Waals surface area contributed by atoms with Crippen molar-refractivity contribution in [1.29, 1.82) is 0 Å². The molecular weight excluding hydrogens is 680 g/mol. The molecule has 0 atom stereocenters. The molecule has 2 aliphatic heterocycles. The Labute approximate surface area is 282 Å². The van der Waals surface area contributed by atoms with Gasteiger partial charge in [-0.15, -0.1) is 67.4 Å². The van der Waals surface area contributed by atoms with Crippen LogP contribution in [0.1, 0.15) is 22.8 Å². The number of nitrogens with zero attached hydrogens (tertiary/aromatic N) is 8. The Kier molecular flexibility index (Phi) is 7.21. The van der Waals surface area contributed by atoms with Crippen molar-refractivity contribution >= 4 is 91.7 Å². The molecule has 0 saturated carbocycles. The Hall–Kier alpha value is -4.36. The van der Waals surface area contributed by atoms with Crippen LogP contribution in [0.25, 0.3) is 88.1 Å². The van der Waals surface area contributed by atoms with E-state index in [0.717, 1.165) is 86.6 Å². The monoisotopic (exact) mass is 695 g/mol. The van der Waals surface area contributed by atoms with Crippen molar-refractivity contribution in [2.75, 3.05) is 0 Å². The molecule has 45 heavy (non-hydrogen) atoms. The van der Waals surface area contributed by atoms with Gasteiger partial charge in [-0.1, -0.05) is 24.3 Å². The number of fused-ring (bicyclic) bond motifs is 8. The molecule has 8 nitrogen and oxygen atoms in total. The third kappa shape index (κ3) is 4.85. The Balaban J connectivity index is 0.00000300. The smallest absolute Gasteiger partial charge is 0.657 e. The quantitative estimate of drug-likeness (QED) is 0.169. The molecule has 2 aliphatic rings. The first kappa shape index (κ1) is 28.1. The van der Waals surface area contributed by atoms with E-state index in [0.29, 0.717) is 0 Å². The molecule has 0 fully saturated rings. The summed E-state index contributed by atoms with van der Waals surface area (Å²) in [6.45, 7) is 0. The predicted octanol–water partition coefficient (Wildman–Crippen LogP) is 8.41. The van der Waals surface area contributed by atoms with Crippen molar-refractivity contribution in [2.45, 2.75) is 0 Å². The van der Waals surface area contributed by atoms with Gasteiger partial charge in [-0.25, -0.2) is 9.97 Å². The molecule has 0 amide bonds. The van der Waals surface area contributed by atoms with Gasteiger partial charge in [0.25, 0.3) is 0 Å². The average molecular weight is 696 g/mol. The number of aromatic nitrogens is 8. The maximum Gasteiger partial charge on any atom is 2.00 e. The fourth-order valence-corrected chi connectivity index (χ4v) is 8.19. The van der Waals surface area contributed by atoms with Gasteiger partial charge in [0, 0.05) is 47.0 Å². The summed E-state index contributed by atoms with van der Waals surface area (Å²) >= 11 is 6.26. The molecule has 0 N–H and O–H groups in total. The predicted molar refractivity (Wildman–Crippen MR) is 181 cm³/mol. The van der Waals surface area contributed by atoms with Crippen LogP contribution in [0.4, 0.5) is 0 Å². The molecule has 0 spiro atoms. The first-order valence-corrected chi connectivity index (χ1v) is 16.9. The van der Waals surface area contributed by atoms with Crippen molar-refractivity contribution in [3.8, 4) is 41.8 Å². The van der Waals surface area contributed by atoms with E-state index < -0.39 is 0 Å². The van der Waals surface area contributed by atoms with Crippen molar-refractivity contribution in [1.82, 2.24) is 39.9 Å². The summed E-state index contributed by atoms with van der Waals surface area (Å²) in [6, 6.07) is 8.20. The van der Waals surface area contributed by atoms with Crippen LogP contribution >= 0.6 is 45.3 Å². The van der Waals surface area contributed by atoms with Gasteiger partial charge in [-0.05, 0) is 24.3 Å². The van der Waals surface area contributed by atoms with Gasteiger partial charge >= 0.3 is 17.1 Å². The summed E-state index contributed by atoms with van der Waals surface area (Å²) in [6.07, 6.45) is 15.7. The number of thiazole rings is 4. The summed E-state index contributed by atoms with van der Waals surface area (Å²) < 4.78 is 0. The molecule has 9 heterocycles. The van der Waals surface area contributed by atoms with Crippen LogP contribution in [0.5, 0.6) is 0 Å². The summed E-state index contributed by atoms with van der Waals surface area (Å²) in [7, 11) is 0. The van der Waals surface area contributed by atoms with E-state index in [-0.39, 0.29) is 17.1 Å². The topological polar surface area (TPSA) is 106 Å².